The van der Waals surface area contributed by atoms with Gasteiger partial charge in [-0.3, -0.25) is 4.40 Å². The first kappa shape index (κ1) is 13.2. The van der Waals surface area contributed by atoms with Gasteiger partial charge in [-0.1, -0.05) is 25.1 Å². The number of aryl methyl sites for hydroxylation is 3. The highest BCUT2D eigenvalue weighted by Gasteiger charge is 2.12. The van der Waals surface area contributed by atoms with Gasteiger partial charge in [0.1, 0.15) is 0 Å². The molecule has 0 amide bonds. The molecule has 0 aliphatic carbocycles. The van der Waals surface area contributed by atoms with E-state index in [1.54, 1.807) is 11.3 Å². The monoisotopic (exact) mass is 285 g/mol. The standard InChI is InChI=1S/C16H19N3S/c1-4-13-7-5-6-8-14(13)17-9-15-12(3)18-16-19(15)11(2)10-20-16/h5-8,10,17H,4,9H2,1-3H3. The Morgan fingerprint density at radius 3 is 2.85 bits per heavy atom. The van der Waals surface area contributed by atoms with E-state index in [1.807, 2.05) is 0 Å². The van der Waals surface area contributed by atoms with Crippen LogP contribution in [0.2, 0.25) is 0 Å². The summed E-state index contributed by atoms with van der Waals surface area (Å²) in [5.74, 6) is 0. The van der Waals surface area contributed by atoms with Crippen LogP contribution in [-0.4, -0.2) is 9.38 Å². The van der Waals surface area contributed by atoms with Gasteiger partial charge in [0, 0.05) is 16.8 Å². The molecule has 0 saturated carbocycles. The number of hydrogen-bond acceptors (Lipinski definition) is 3. The van der Waals surface area contributed by atoms with Gasteiger partial charge in [-0.15, -0.1) is 11.3 Å². The fourth-order valence-corrected chi connectivity index (χ4v) is 3.49. The fraction of sp³-hybridized carbons (Fsp3) is 0.312. The highest BCUT2D eigenvalue weighted by atomic mass is 32.1. The number of hydrogen-bond donors (Lipinski definition) is 1. The van der Waals surface area contributed by atoms with E-state index >= 15 is 0 Å². The predicted octanol–water partition coefficient (Wildman–Crippen LogP) is 4.19. The molecule has 3 rings (SSSR count). The summed E-state index contributed by atoms with van der Waals surface area (Å²) in [4.78, 5) is 5.71. The Bertz CT molecular complexity index is 739. The molecule has 1 aromatic carbocycles. The molecule has 0 bridgehead atoms. The normalized spacial score (nSPS) is 11.2. The lowest BCUT2D eigenvalue weighted by molar-refractivity contribution is 0.961. The Hall–Kier alpha value is -1.81. The third kappa shape index (κ3) is 2.20. The molecule has 2 heterocycles. The Kier molecular flexibility index (Phi) is 3.49. The minimum atomic E-state index is 0.807. The number of para-hydroxylation sites is 1. The molecule has 0 saturated heterocycles. The molecule has 0 aliphatic rings. The van der Waals surface area contributed by atoms with Gasteiger partial charge in [-0.2, -0.15) is 0 Å². The second-order valence-corrected chi connectivity index (χ2v) is 5.84. The van der Waals surface area contributed by atoms with Crippen LogP contribution in [0.15, 0.2) is 29.6 Å². The molecule has 2 aromatic heterocycles. The van der Waals surface area contributed by atoms with E-state index in [0.29, 0.717) is 0 Å². The van der Waals surface area contributed by atoms with Crippen molar-refractivity contribution in [2.45, 2.75) is 33.7 Å². The number of benzene rings is 1. The number of nitrogens with zero attached hydrogens (tertiary/aromatic N) is 2. The van der Waals surface area contributed by atoms with Crippen molar-refractivity contribution in [2.75, 3.05) is 5.32 Å². The number of fused-ring (bicyclic) bond motifs is 1. The zero-order valence-electron chi connectivity index (χ0n) is 12.1. The lowest BCUT2D eigenvalue weighted by Gasteiger charge is -2.11. The molecule has 4 heteroatoms. The van der Waals surface area contributed by atoms with Gasteiger partial charge in [0.05, 0.1) is 17.9 Å². The van der Waals surface area contributed by atoms with Gasteiger partial charge >= 0.3 is 0 Å². The first-order chi connectivity index (χ1) is 9.70. The van der Waals surface area contributed by atoms with Crippen molar-refractivity contribution in [1.82, 2.24) is 9.38 Å². The molecular weight excluding hydrogens is 266 g/mol. The van der Waals surface area contributed by atoms with Crippen molar-refractivity contribution >= 4 is 22.0 Å². The lowest BCUT2D eigenvalue weighted by atomic mass is 10.1. The third-order valence-electron chi connectivity index (χ3n) is 3.67. The van der Waals surface area contributed by atoms with E-state index in [0.717, 1.165) is 23.6 Å². The average molecular weight is 285 g/mol. The SMILES string of the molecule is CCc1ccccc1NCc1c(C)nc2scc(C)n12. The number of nitrogens with one attached hydrogen (secondary N) is 1. The van der Waals surface area contributed by atoms with Crippen LogP contribution in [-0.2, 0) is 13.0 Å². The van der Waals surface area contributed by atoms with Gasteiger partial charge in [-0.25, -0.2) is 4.98 Å². The van der Waals surface area contributed by atoms with Crippen LogP contribution >= 0.6 is 11.3 Å². The maximum absolute atomic E-state index is 4.63. The minimum absolute atomic E-state index is 0.807. The summed E-state index contributed by atoms with van der Waals surface area (Å²) in [6, 6.07) is 8.50. The average Bonchev–Trinajstić information content (AvgIpc) is 2.96. The van der Waals surface area contributed by atoms with Gasteiger partial charge in [0.2, 0.25) is 0 Å². The van der Waals surface area contributed by atoms with E-state index in [4.69, 9.17) is 0 Å². The summed E-state index contributed by atoms with van der Waals surface area (Å²) in [6.45, 7) is 7.21. The molecule has 0 aliphatic heterocycles. The molecule has 0 fully saturated rings. The molecule has 104 valence electrons. The summed E-state index contributed by atoms with van der Waals surface area (Å²) in [7, 11) is 0. The molecule has 0 atom stereocenters. The van der Waals surface area contributed by atoms with Crippen molar-refractivity contribution < 1.29 is 0 Å². The summed E-state index contributed by atoms with van der Waals surface area (Å²) in [5.41, 5.74) is 6.20. The van der Waals surface area contributed by atoms with Crippen LogP contribution in [0.4, 0.5) is 5.69 Å². The van der Waals surface area contributed by atoms with Crippen LogP contribution < -0.4 is 5.32 Å². The molecule has 20 heavy (non-hydrogen) atoms. The maximum Gasteiger partial charge on any atom is 0.194 e. The molecule has 3 aromatic rings. The smallest absolute Gasteiger partial charge is 0.194 e. The number of rotatable bonds is 4. The van der Waals surface area contributed by atoms with Crippen molar-refractivity contribution in [3.63, 3.8) is 0 Å². The molecular formula is C16H19N3S. The quantitative estimate of drug-likeness (QED) is 0.779. The molecule has 3 nitrogen and oxygen atoms in total. The van der Waals surface area contributed by atoms with E-state index < -0.39 is 0 Å². The first-order valence-electron chi connectivity index (χ1n) is 6.94. The number of imidazole rings is 1. The summed E-state index contributed by atoms with van der Waals surface area (Å²) in [5, 5.41) is 5.72. The van der Waals surface area contributed by atoms with Crippen LogP contribution in [0.5, 0.6) is 0 Å². The number of aromatic nitrogens is 2. The second kappa shape index (κ2) is 5.29. The summed E-state index contributed by atoms with van der Waals surface area (Å²) in [6.07, 6.45) is 1.04. The van der Waals surface area contributed by atoms with Gasteiger partial charge in [0.15, 0.2) is 4.96 Å². The van der Waals surface area contributed by atoms with Gasteiger partial charge in [-0.05, 0) is 31.9 Å². The van der Waals surface area contributed by atoms with Crippen molar-refractivity contribution in [1.29, 1.82) is 0 Å². The summed E-state index contributed by atoms with van der Waals surface area (Å²) >= 11 is 1.70. The topological polar surface area (TPSA) is 29.3 Å². The Morgan fingerprint density at radius 1 is 1.25 bits per heavy atom. The Labute approximate surface area is 123 Å². The zero-order chi connectivity index (χ0) is 14.1. The lowest BCUT2D eigenvalue weighted by Crippen LogP contribution is -2.06. The molecule has 0 unspecified atom stereocenters. The first-order valence-corrected chi connectivity index (χ1v) is 7.82. The predicted molar refractivity (Wildman–Crippen MR) is 85.7 cm³/mol. The molecule has 1 N–H and O–H groups in total. The van der Waals surface area contributed by atoms with Crippen LogP contribution in [0.1, 0.15) is 29.6 Å². The van der Waals surface area contributed by atoms with Crippen molar-refractivity contribution in [3.8, 4) is 0 Å². The van der Waals surface area contributed by atoms with Gasteiger partial charge < -0.3 is 5.32 Å². The fourth-order valence-electron chi connectivity index (χ4n) is 2.56. The van der Waals surface area contributed by atoms with E-state index in [2.05, 4.69) is 65.1 Å². The van der Waals surface area contributed by atoms with Crippen LogP contribution in [0, 0.1) is 13.8 Å². The number of anilines is 1. The van der Waals surface area contributed by atoms with Crippen molar-refractivity contribution in [2.24, 2.45) is 0 Å². The van der Waals surface area contributed by atoms with Crippen LogP contribution in [0.25, 0.3) is 4.96 Å². The maximum atomic E-state index is 4.63. The molecule has 0 spiro atoms. The number of thiazole rings is 1. The highest BCUT2D eigenvalue weighted by molar-refractivity contribution is 7.15. The van der Waals surface area contributed by atoms with E-state index in [1.165, 1.54) is 22.6 Å². The van der Waals surface area contributed by atoms with E-state index in [9.17, 15) is 0 Å². The second-order valence-electron chi connectivity index (χ2n) is 5.00. The van der Waals surface area contributed by atoms with Gasteiger partial charge in [0.25, 0.3) is 0 Å². The van der Waals surface area contributed by atoms with Crippen molar-refractivity contribution in [3.05, 3.63) is 52.3 Å². The largest absolute Gasteiger partial charge is 0.379 e. The van der Waals surface area contributed by atoms with Crippen LogP contribution in [0.3, 0.4) is 0 Å². The molecule has 0 radical (unpaired) electrons. The van der Waals surface area contributed by atoms with E-state index in [-0.39, 0.29) is 0 Å². The minimum Gasteiger partial charge on any atom is -0.379 e. The Morgan fingerprint density at radius 2 is 2.05 bits per heavy atom. The Balaban J connectivity index is 1.90. The third-order valence-corrected chi connectivity index (χ3v) is 4.62. The highest BCUT2D eigenvalue weighted by Crippen LogP contribution is 2.22. The summed E-state index contributed by atoms with van der Waals surface area (Å²) < 4.78 is 2.25. The zero-order valence-corrected chi connectivity index (χ0v) is 12.9.